The second-order valence-corrected chi connectivity index (χ2v) is 12.8. The van der Waals surface area contributed by atoms with Crippen molar-refractivity contribution in [3.05, 3.63) is 158 Å². The Kier molecular flexibility index (Phi) is 5.86. The van der Waals surface area contributed by atoms with E-state index < -0.39 is 0 Å². The highest BCUT2D eigenvalue weighted by Crippen LogP contribution is 2.36. The summed E-state index contributed by atoms with van der Waals surface area (Å²) in [5.74, 6) is 1.71. The Balaban J connectivity index is 1.08. The Bertz CT molecular complexity index is 2960. The molecule has 0 bridgehead atoms. The minimum Gasteiger partial charge on any atom is -0.456 e. The van der Waals surface area contributed by atoms with Crippen LogP contribution in [0.25, 0.3) is 106 Å². The van der Waals surface area contributed by atoms with Crippen LogP contribution in [-0.4, -0.2) is 19.5 Å². The lowest BCUT2D eigenvalue weighted by Gasteiger charge is -2.11. The molecule has 0 radical (unpaired) electrons. The molecule has 4 aromatic heterocycles. The molecule has 0 aliphatic heterocycles. The van der Waals surface area contributed by atoms with Crippen LogP contribution in [0.4, 0.5) is 0 Å². The zero-order chi connectivity index (χ0) is 33.5. The molecule has 0 spiro atoms. The Morgan fingerprint density at radius 1 is 0.333 bits per heavy atom. The van der Waals surface area contributed by atoms with Crippen LogP contribution in [0.2, 0.25) is 0 Å². The second-order valence-electron chi connectivity index (χ2n) is 12.8. The first-order valence-electron chi connectivity index (χ1n) is 16.9. The highest BCUT2D eigenvalue weighted by atomic mass is 16.3. The van der Waals surface area contributed by atoms with E-state index in [9.17, 15) is 0 Å². The van der Waals surface area contributed by atoms with Gasteiger partial charge in [-0.2, -0.15) is 0 Å². The quantitative estimate of drug-likeness (QED) is 0.189. The number of hydrogen-bond donors (Lipinski definition) is 0. The molecule has 0 saturated carbocycles. The van der Waals surface area contributed by atoms with Crippen LogP contribution in [0.15, 0.2) is 167 Å². The number of fused-ring (bicyclic) bond motifs is 9. The first kappa shape index (κ1) is 27.9. The first-order valence-corrected chi connectivity index (χ1v) is 16.9. The lowest BCUT2D eigenvalue weighted by molar-refractivity contribution is 0.668. The third-order valence-corrected chi connectivity index (χ3v) is 9.87. The van der Waals surface area contributed by atoms with Crippen LogP contribution in [0.1, 0.15) is 0 Å². The van der Waals surface area contributed by atoms with Gasteiger partial charge in [-0.15, -0.1) is 0 Å². The van der Waals surface area contributed by atoms with E-state index in [-0.39, 0.29) is 0 Å². The summed E-state index contributed by atoms with van der Waals surface area (Å²) in [4.78, 5) is 15.1. The van der Waals surface area contributed by atoms with Gasteiger partial charge in [0.05, 0.1) is 11.0 Å². The maximum absolute atomic E-state index is 6.25. The highest BCUT2D eigenvalue weighted by Gasteiger charge is 2.17. The zero-order valence-electron chi connectivity index (χ0n) is 27.1. The molecule has 238 valence electrons. The van der Waals surface area contributed by atoms with Gasteiger partial charge in [0, 0.05) is 54.7 Å². The van der Waals surface area contributed by atoms with Gasteiger partial charge in [-0.05, 0) is 72.8 Å². The van der Waals surface area contributed by atoms with Gasteiger partial charge >= 0.3 is 0 Å². The molecule has 6 heteroatoms. The Morgan fingerprint density at radius 2 is 0.725 bits per heavy atom. The van der Waals surface area contributed by atoms with Gasteiger partial charge in [-0.1, -0.05) is 84.9 Å². The molecule has 0 aliphatic carbocycles. The standard InChI is InChI=1S/C45H26N4O2/c1-5-13-37-31(9-1)32-10-2-6-14-38(32)49(37)30-21-17-27(18-22-30)43-46-44(28-19-23-35-33-11-3-7-15-39(33)50-41(35)25-28)48-45(47-43)29-20-24-36-34-12-4-8-16-40(34)51-42(36)26-29/h1-26H. The summed E-state index contributed by atoms with van der Waals surface area (Å²) >= 11 is 0. The predicted molar refractivity (Wildman–Crippen MR) is 205 cm³/mol. The summed E-state index contributed by atoms with van der Waals surface area (Å²) in [6, 6.07) is 54.0. The van der Waals surface area contributed by atoms with E-state index >= 15 is 0 Å². The number of para-hydroxylation sites is 4. The zero-order valence-corrected chi connectivity index (χ0v) is 27.1. The fourth-order valence-electron chi connectivity index (χ4n) is 7.45. The van der Waals surface area contributed by atoms with Crippen LogP contribution >= 0.6 is 0 Å². The van der Waals surface area contributed by atoms with Gasteiger partial charge in [-0.3, -0.25) is 0 Å². The number of aromatic nitrogens is 4. The number of rotatable bonds is 4. The maximum atomic E-state index is 6.25. The molecule has 51 heavy (non-hydrogen) atoms. The number of nitrogens with zero attached hydrogens (tertiary/aromatic N) is 4. The van der Waals surface area contributed by atoms with Crippen molar-refractivity contribution in [2.24, 2.45) is 0 Å². The maximum Gasteiger partial charge on any atom is 0.164 e. The molecule has 6 nitrogen and oxygen atoms in total. The fourth-order valence-corrected chi connectivity index (χ4v) is 7.45. The van der Waals surface area contributed by atoms with Crippen molar-refractivity contribution in [3.8, 4) is 39.9 Å². The third kappa shape index (κ3) is 4.33. The number of furan rings is 2. The summed E-state index contributed by atoms with van der Waals surface area (Å²) in [6.07, 6.45) is 0. The van der Waals surface area contributed by atoms with Crippen molar-refractivity contribution in [3.63, 3.8) is 0 Å². The van der Waals surface area contributed by atoms with E-state index in [0.717, 1.165) is 77.3 Å². The largest absolute Gasteiger partial charge is 0.456 e. The van der Waals surface area contributed by atoms with Crippen LogP contribution in [0.5, 0.6) is 0 Å². The monoisotopic (exact) mass is 654 g/mol. The molecule has 0 fully saturated rings. The number of benzene rings is 7. The van der Waals surface area contributed by atoms with Gasteiger partial charge in [0.25, 0.3) is 0 Å². The molecule has 11 aromatic rings. The Hall–Kier alpha value is -7.05. The third-order valence-electron chi connectivity index (χ3n) is 9.87. The molecule has 0 aliphatic rings. The minimum atomic E-state index is 0.563. The lowest BCUT2D eigenvalue weighted by Crippen LogP contribution is -2.00. The van der Waals surface area contributed by atoms with E-state index in [2.05, 4.69) is 114 Å². The second kappa shape index (κ2) is 10.7. The molecule has 0 atom stereocenters. The van der Waals surface area contributed by atoms with Crippen LogP contribution in [0.3, 0.4) is 0 Å². The molecule has 11 rings (SSSR count). The molecule has 0 saturated heterocycles. The summed E-state index contributed by atoms with van der Waals surface area (Å²) in [7, 11) is 0. The van der Waals surface area contributed by atoms with Crippen molar-refractivity contribution < 1.29 is 8.83 Å². The summed E-state index contributed by atoms with van der Waals surface area (Å²) in [5.41, 5.74) is 9.25. The summed E-state index contributed by atoms with van der Waals surface area (Å²) in [6.45, 7) is 0. The summed E-state index contributed by atoms with van der Waals surface area (Å²) in [5, 5.41) is 6.73. The smallest absolute Gasteiger partial charge is 0.164 e. The van der Waals surface area contributed by atoms with Crippen molar-refractivity contribution in [2.45, 2.75) is 0 Å². The fraction of sp³-hybridized carbons (Fsp3) is 0. The van der Waals surface area contributed by atoms with E-state index in [1.54, 1.807) is 0 Å². The van der Waals surface area contributed by atoms with E-state index in [4.69, 9.17) is 23.8 Å². The highest BCUT2D eigenvalue weighted by molar-refractivity contribution is 6.09. The van der Waals surface area contributed by atoms with Gasteiger partial charge in [-0.25, -0.2) is 15.0 Å². The van der Waals surface area contributed by atoms with E-state index in [0.29, 0.717) is 17.5 Å². The summed E-state index contributed by atoms with van der Waals surface area (Å²) < 4.78 is 14.8. The first-order chi connectivity index (χ1) is 25.2. The number of hydrogen-bond acceptors (Lipinski definition) is 5. The average Bonchev–Trinajstić information content (AvgIpc) is 3.87. The van der Waals surface area contributed by atoms with Crippen molar-refractivity contribution in [1.29, 1.82) is 0 Å². The van der Waals surface area contributed by atoms with Gasteiger partial charge in [0.2, 0.25) is 0 Å². The Morgan fingerprint density at radius 3 is 1.24 bits per heavy atom. The van der Waals surface area contributed by atoms with E-state index in [1.807, 2.05) is 48.5 Å². The Labute approximate surface area is 290 Å². The predicted octanol–water partition coefficient (Wildman–Crippen LogP) is 11.8. The van der Waals surface area contributed by atoms with Gasteiger partial charge in [0.15, 0.2) is 17.5 Å². The van der Waals surface area contributed by atoms with Crippen molar-refractivity contribution in [2.75, 3.05) is 0 Å². The SMILES string of the molecule is c1ccc2c(c1)oc1cc(-c3nc(-c4ccc(-n5c6ccccc6c6ccccc65)cc4)nc(-c4ccc5c(c4)oc4ccccc45)n3)ccc12. The minimum absolute atomic E-state index is 0.563. The van der Waals surface area contributed by atoms with Crippen molar-refractivity contribution in [1.82, 2.24) is 19.5 Å². The van der Waals surface area contributed by atoms with Gasteiger partial charge in [0.1, 0.15) is 22.3 Å². The lowest BCUT2D eigenvalue weighted by atomic mass is 10.1. The van der Waals surface area contributed by atoms with Crippen LogP contribution in [-0.2, 0) is 0 Å². The average molecular weight is 655 g/mol. The molecule has 0 unspecified atom stereocenters. The topological polar surface area (TPSA) is 69.9 Å². The molecule has 7 aromatic carbocycles. The van der Waals surface area contributed by atoms with Crippen molar-refractivity contribution >= 4 is 65.7 Å². The molecular formula is C45H26N4O2. The normalized spacial score (nSPS) is 11.9. The molecule has 0 amide bonds. The molecular weight excluding hydrogens is 629 g/mol. The van der Waals surface area contributed by atoms with Crippen LogP contribution < -0.4 is 0 Å². The van der Waals surface area contributed by atoms with Crippen LogP contribution in [0, 0.1) is 0 Å². The molecule has 4 heterocycles. The van der Waals surface area contributed by atoms with Gasteiger partial charge < -0.3 is 13.4 Å². The van der Waals surface area contributed by atoms with E-state index in [1.165, 1.54) is 10.8 Å². The molecule has 0 N–H and O–H groups in total.